The number of thioether (sulfide) groups is 1. The third-order valence-corrected chi connectivity index (χ3v) is 6.07. The van der Waals surface area contributed by atoms with Gasteiger partial charge in [0.2, 0.25) is 5.91 Å². The van der Waals surface area contributed by atoms with Gasteiger partial charge in [-0.2, -0.15) is 0 Å². The van der Waals surface area contributed by atoms with Crippen LogP contribution in [0.15, 0.2) is 46.3 Å². The Morgan fingerprint density at radius 2 is 2.07 bits per heavy atom. The van der Waals surface area contributed by atoms with Gasteiger partial charge in [-0.05, 0) is 62.1 Å². The molecule has 1 amide bonds. The number of benzene rings is 2. The molecule has 1 saturated carbocycles. The number of amides is 1. The quantitative estimate of drug-likeness (QED) is 0.506. The summed E-state index contributed by atoms with van der Waals surface area (Å²) in [5.41, 5.74) is 3.23. The van der Waals surface area contributed by atoms with Crippen LogP contribution in [0.2, 0.25) is 5.02 Å². The van der Waals surface area contributed by atoms with Crippen LogP contribution in [0.4, 0.5) is 0 Å². The lowest BCUT2D eigenvalue weighted by atomic mass is 10.1. The minimum atomic E-state index is -0.166. The van der Waals surface area contributed by atoms with Gasteiger partial charge in [0.25, 0.3) is 5.56 Å². The highest BCUT2D eigenvalue weighted by atomic mass is 35.5. The van der Waals surface area contributed by atoms with Crippen molar-refractivity contribution in [1.29, 1.82) is 0 Å². The van der Waals surface area contributed by atoms with Crippen molar-refractivity contribution in [3.63, 3.8) is 0 Å². The Bertz CT molecular complexity index is 1140. The number of nitrogens with one attached hydrogen (secondary N) is 1. The molecular formula is C21H20ClN3O2S. The number of carbonyl (C=O) groups is 1. The van der Waals surface area contributed by atoms with Gasteiger partial charge in [0.1, 0.15) is 0 Å². The Morgan fingerprint density at radius 3 is 2.82 bits per heavy atom. The highest BCUT2D eigenvalue weighted by Gasteiger charge is 2.24. The molecule has 1 aromatic heterocycles. The van der Waals surface area contributed by atoms with Crippen molar-refractivity contribution in [2.45, 2.75) is 37.9 Å². The van der Waals surface area contributed by atoms with Crippen LogP contribution in [0, 0.1) is 13.8 Å². The number of aromatic nitrogens is 2. The van der Waals surface area contributed by atoms with Crippen LogP contribution < -0.4 is 10.9 Å². The summed E-state index contributed by atoms with van der Waals surface area (Å²) in [6.07, 6.45) is 2.08. The molecule has 4 rings (SSSR count). The SMILES string of the molecule is Cc1cccc(-n2c(SCC(=O)NC3CC3)nc3cc(Cl)ccc3c2=O)c1C. The van der Waals surface area contributed by atoms with E-state index in [4.69, 9.17) is 11.6 Å². The van der Waals surface area contributed by atoms with Crippen molar-refractivity contribution < 1.29 is 4.79 Å². The van der Waals surface area contributed by atoms with Gasteiger partial charge < -0.3 is 5.32 Å². The molecule has 5 nitrogen and oxygen atoms in total. The van der Waals surface area contributed by atoms with Gasteiger partial charge in [0.05, 0.1) is 22.3 Å². The number of fused-ring (bicyclic) bond motifs is 1. The Balaban J connectivity index is 1.83. The van der Waals surface area contributed by atoms with Crippen LogP contribution in [-0.4, -0.2) is 27.3 Å². The van der Waals surface area contributed by atoms with E-state index in [2.05, 4.69) is 10.3 Å². The smallest absolute Gasteiger partial charge is 0.266 e. The van der Waals surface area contributed by atoms with Crippen molar-refractivity contribution in [3.8, 4) is 5.69 Å². The van der Waals surface area contributed by atoms with Crippen molar-refractivity contribution in [2.75, 3.05) is 5.75 Å². The van der Waals surface area contributed by atoms with Gasteiger partial charge in [-0.25, -0.2) is 4.98 Å². The average Bonchev–Trinajstić information content (AvgIpc) is 3.46. The number of hydrogen-bond acceptors (Lipinski definition) is 4. The third kappa shape index (κ3) is 3.80. The first kappa shape index (κ1) is 19.0. The van der Waals surface area contributed by atoms with Gasteiger partial charge in [0.15, 0.2) is 5.16 Å². The molecule has 0 saturated heterocycles. The first-order valence-corrected chi connectivity index (χ1v) is 10.5. The van der Waals surface area contributed by atoms with E-state index in [-0.39, 0.29) is 17.2 Å². The van der Waals surface area contributed by atoms with E-state index in [0.717, 1.165) is 29.7 Å². The van der Waals surface area contributed by atoms with Gasteiger partial charge in [-0.3, -0.25) is 14.2 Å². The van der Waals surface area contributed by atoms with Crippen molar-refractivity contribution >= 4 is 40.2 Å². The lowest BCUT2D eigenvalue weighted by Gasteiger charge is -2.16. The molecule has 1 N–H and O–H groups in total. The predicted molar refractivity (Wildman–Crippen MR) is 114 cm³/mol. The van der Waals surface area contributed by atoms with Crippen LogP contribution in [0.25, 0.3) is 16.6 Å². The van der Waals surface area contributed by atoms with E-state index in [1.54, 1.807) is 22.8 Å². The number of nitrogens with zero attached hydrogens (tertiary/aromatic N) is 2. The summed E-state index contributed by atoms with van der Waals surface area (Å²) >= 11 is 7.36. The molecule has 7 heteroatoms. The number of rotatable bonds is 5. The maximum absolute atomic E-state index is 13.3. The molecule has 1 aliphatic carbocycles. The molecule has 28 heavy (non-hydrogen) atoms. The molecule has 1 heterocycles. The zero-order valence-electron chi connectivity index (χ0n) is 15.7. The molecule has 1 aliphatic rings. The van der Waals surface area contributed by atoms with E-state index in [9.17, 15) is 9.59 Å². The number of halogens is 1. The van der Waals surface area contributed by atoms with E-state index < -0.39 is 0 Å². The van der Waals surface area contributed by atoms with Crippen molar-refractivity contribution in [3.05, 3.63) is 62.9 Å². The Kier molecular flexibility index (Phi) is 5.17. The lowest BCUT2D eigenvalue weighted by Crippen LogP contribution is -2.28. The molecule has 2 aromatic carbocycles. The van der Waals surface area contributed by atoms with Crippen molar-refractivity contribution in [1.82, 2.24) is 14.9 Å². The van der Waals surface area contributed by atoms with Crippen LogP contribution in [0.3, 0.4) is 0 Å². The molecule has 0 bridgehead atoms. The molecule has 0 spiro atoms. The minimum absolute atomic E-state index is 0.0412. The summed E-state index contributed by atoms with van der Waals surface area (Å²) in [5, 5.41) is 4.47. The highest BCUT2D eigenvalue weighted by molar-refractivity contribution is 7.99. The topological polar surface area (TPSA) is 64.0 Å². The van der Waals surface area contributed by atoms with E-state index >= 15 is 0 Å². The molecule has 0 atom stereocenters. The van der Waals surface area contributed by atoms with E-state index in [1.807, 2.05) is 32.0 Å². The molecule has 0 unspecified atom stereocenters. The Labute approximate surface area is 172 Å². The maximum Gasteiger partial charge on any atom is 0.266 e. The first-order valence-electron chi connectivity index (χ1n) is 9.15. The average molecular weight is 414 g/mol. The first-order chi connectivity index (χ1) is 13.4. The summed E-state index contributed by atoms with van der Waals surface area (Å²) in [5.74, 6) is 0.167. The van der Waals surface area contributed by atoms with Crippen LogP contribution in [0.5, 0.6) is 0 Å². The van der Waals surface area contributed by atoms with Crippen LogP contribution >= 0.6 is 23.4 Å². The highest BCUT2D eigenvalue weighted by Crippen LogP contribution is 2.26. The van der Waals surface area contributed by atoms with Crippen LogP contribution in [-0.2, 0) is 4.79 Å². The molecule has 3 aromatic rings. The van der Waals surface area contributed by atoms with Gasteiger partial charge in [-0.15, -0.1) is 0 Å². The second-order valence-electron chi connectivity index (χ2n) is 7.05. The number of carbonyl (C=O) groups excluding carboxylic acids is 1. The molecule has 0 radical (unpaired) electrons. The fraction of sp³-hybridized carbons (Fsp3) is 0.286. The summed E-state index contributed by atoms with van der Waals surface area (Å²) in [4.78, 5) is 30.2. The van der Waals surface area contributed by atoms with Crippen LogP contribution in [0.1, 0.15) is 24.0 Å². The summed E-state index contributed by atoms with van der Waals surface area (Å²) in [7, 11) is 0. The Hall–Kier alpha value is -2.31. The zero-order chi connectivity index (χ0) is 19.8. The predicted octanol–water partition coefficient (Wildman–Crippen LogP) is 4.03. The minimum Gasteiger partial charge on any atom is -0.353 e. The van der Waals surface area contributed by atoms with Gasteiger partial charge >= 0.3 is 0 Å². The monoisotopic (exact) mass is 413 g/mol. The fourth-order valence-electron chi connectivity index (χ4n) is 3.05. The third-order valence-electron chi connectivity index (χ3n) is 4.89. The summed E-state index contributed by atoms with van der Waals surface area (Å²) < 4.78 is 1.60. The molecular weight excluding hydrogens is 394 g/mol. The second kappa shape index (κ2) is 7.60. The molecule has 1 fully saturated rings. The summed E-state index contributed by atoms with van der Waals surface area (Å²) in [6.45, 7) is 3.99. The second-order valence-corrected chi connectivity index (χ2v) is 8.42. The lowest BCUT2D eigenvalue weighted by molar-refractivity contribution is -0.118. The zero-order valence-corrected chi connectivity index (χ0v) is 17.2. The number of aryl methyl sites for hydroxylation is 1. The summed E-state index contributed by atoms with van der Waals surface area (Å²) in [6, 6.07) is 11.2. The van der Waals surface area contributed by atoms with E-state index in [1.165, 1.54) is 11.8 Å². The largest absolute Gasteiger partial charge is 0.353 e. The fourth-order valence-corrected chi connectivity index (χ4v) is 4.04. The Morgan fingerprint density at radius 1 is 1.29 bits per heavy atom. The van der Waals surface area contributed by atoms with Crippen molar-refractivity contribution in [2.24, 2.45) is 0 Å². The maximum atomic E-state index is 13.3. The number of hydrogen-bond donors (Lipinski definition) is 1. The van der Waals surface area contributed by atoms with E-state index in [0.29, 0.717) is 27.1 Å². The normalized spacial score (nSPS) is 13.7. The molecule has 0 aliphatic heterocycles. The molecule has 144 valence electrons. The van der Waals surface area contributed by atoms with Gasteiger partial charge in [-0.1, -0.05) is 35.5 Å². The van der Waals surface area contributed by atoms with Gasteiger partial charge in [0, 0.05) is 11.1 Å². The standard InChI is InChI=1S/C21H20ClN3O2S/c1-12-4-3-5-18(13(12)2)25-20(27)16-9-6-14(22)10-17(16)24-21(25)28-11-19(26)23-15-7-8-15/h3-6,9-10,15H,7-8,11H2,1-2H3,(H,23,26).